The Balaban J connectivity index is 1.20. The first-order chi connectivity index (χ1) is 33.5. The summed E-state index contributed by atoms with van der Waals surface area (Å²) in [5.41, 5.74) is 24.9. The number of aromatic nitrogens is 1. The van der Waals surface area contributed by atoms with Crippen molar-refractivity contribution < 1.29 is 0 Å². The first-order valence-corrected chi connectivity index (χ1v) is 26.5. The van der Waals surface area contributed by atoms with Crippen molar-refractivity contribution in [1.82, 2.24) is 4.57 Å². The summed E-state index contributed by atoms with van der Waals surface area (Å²) in [6.07, 6.45) is 4.73. The van der Waals surface area contributed by atoms with E-state index in [4.69, 9.17) is 0 Å². The Hall–Kier alpha value is -6.36. The largest absolute Gasteiger partial charge is 0.355 e. The maximum absolute atomic E-state index is 4.04. The predicted octanol–water partition coefficient (Wildman–Crippen LogP) is 17.2. The zero-order valence-corrected chi connectivity index (χ0v) is 43.4. The Kier molecular flexibility index (Phi) is 9.40. The summed E-state index contributed by atoms with van der Waals surface area (Å²) in [5, 5.41) is 9.40. The first kappa shape index (κ1) is 43.6. The van der Waals surface area contributed by atoms with Crippen LogP contribution in [-0.2, 0) is 21.7 Å². The van der Waals surface area contributed by atoms with E-state index >= 15 is 0 Å². The Labute approximate surface area is 419 Å². The van der Waals surface area contributed by atoms with Gasteiger partial charge in [-0.05, 0) is 177 Å². The zero-order valence-electron chi connectivity index (χ0n) is 42.5. The number of rotatable bonds is 5. The Morgan fingerprint density at radius 1 is 0.486 bits per heavy atom. The third-order valence-electron chi connectivity index (χ3n) is 17.3. The molecule has 3 heterocycles. The topological polar surface area (TPSA) is 17.0 Å². The highest BCUT2D eigenvalue weighted by Gasteiger charge is 2.40. The highest BCUT2D eigenvalue weighted by Crippen LogP contribution is 2.53. The quantitative estimate of drug-likeness (QED) is 0.170. The number of fused-ring (bicyclic) bond motifs is 10. The van der Waals surface area contributed by atoms with Gasteiger partial charge >= 0.3 is 0 Å². The summed E-state index contributed by atoms with van der Waals surface area (Å²) in [6, 6.07) is 54.1. The lowest BCUT2D eigenvalue weighted by Crippen LogP contribution is -2.37. The first-order valence-electron chi connectivity index (χ1n) is 25.7. The standard InChI is InChI=1S/C66H62BN2S/c1-38-20-23-41(24-21-38)68-55-37-59-45(46-33-50-53(36-58(46)70-59)66(9,10)29-27-63(50,3)4)31-44(55)48-32-47(43-19-15-14-18-42(43)40-16-12-11-13-17-40)60-49-34-51-52(65(7,8)28-26-64(51,5)6)35-57(49)69-56-25-22-39(2)30-54(56)67-61(48)62(60)69/h11-25,30-37,68H,26-29H2,1-10H3. The minimum absolute atomic E-state index is 0.0547. The van der Waals surface area contributed by atoms with Crippen molar-refractivity contribution in [3.63, 3.8) is 0 Å². The monoisotopic (exact) mass is 925 g/mol. The van der Waals surface area contributed by atoms with E-state index in [-0.39, 0.29) is 21.7 Å². The van der Waals surface area contributed by atoms with Crippen LogP contribution in [0.15, 0.2) is 140 Å². The molecule has 0 amide bonds. The molecule has 1 radical (unpaired) electrons. The normalized spacial score (nSPS) is 17.1. The van der Waals surface area contributed by atoms with Gasteiger partial charge in [-0.2, -0.15) is 0 Å². The molecule has 70 heavy (non-hydrogen) atoms. The van der Waals surface area contributed by atoms with Crippen LogP contribution in [0, 0.1) is 13.8 Å². The average molecular weight is 926 g/mol. The van der Waals surface area contributed by atoms with Crippen LogP contribution in [0.1, 0.15) is 114 Å². The Morgan fingerprint density at radius 3 is 1.74 bits per heavy atom. The van der Waals surface area contributed by atoms with Gasteiger partial charge in [-0.3, -0.25) is 0 Å². The molecule has 0 saturated heterocycles. The van der Waals surface area contributed by atoms with Gasteiger partial charge in [0.2, 0.25) is 0 Å². The number of anilines is 2. The molecule has 0 saturated carbocycles. The molecular formula is C66H62BN2S. The van der Waals surface area contributed by atoms with E-state index < -0.39 is 0 Å². The van der Waals surface area contributed by atoms with Gasteiger partial charge in [-0.15, -0.1) is 11.3 Å². The number of benzene rings is 8. The maximum atomic E-state index is 4.04. The number of aryl methyl sites for hydroxylation is 2. The zero-order chi connectivity index (χ0) is 48.2. The molecule has 1 N–H and O–H groups in total. The highest BCUT2D eigenvalue weighted by molar-refractivity contribution is 7.25. The van der Waals surface area contributed by atoms with E-state index in [0.717, 1.165) is 11.4 Å². The van der Waals surface area contributed by atoms with Gasteiger partial charge in [0.05, 0.1) is 5.52 Å². The molecule has 2 aliphatic carbocycles. The summed E-state index contributed by atoms with van der Waals surface area (Å²) in [5.74, 6) is 0. The van der Waals surface area contributed by atoms with Gasteiger partial charge in [-0.25, -0.2) is 0 Å². The van der Waals surface area contributed by atoms with Crippen molar-refractivity contribution in [3.05, 3.63) is 173 Å². The number of hydrogen-bond acceptors (Lipinski definition) is 2. The minimum Gasteiger partial charge on any atom is -0.355 e. The molecule has 2 aromatic heterocycles. The Morgan fingerprint density at radius 2 is 1.06 bits per heavy atom. The van der Waals surface area contributed by atoms with Crippen LogP contribution in [-0.4, -0.2) is 11.8 Å². The summed E-state index contributed by atoms with van der Waals surface area (Å²) in [6.45, 7) is 24.1. The molecule has 3 aliphatic rings. The summed E-state index contributed by atoms with van der Waals surface area (Å²) in [4.78, 5) is 0. The average Bonchev–Trinajstić information content (AvgIpc) is 3.87. The van der Waals surface area contributed by atoms with Gasteiger partial charge in [0, 0.05) is 59.1 Å². The molecule has 8 aromatic carbocycles. The third kappa shape index (κ3) is 6.58. The van der Waals surface area contributed by atoms with Crippen molar-refractivity contribution in [2.75, 3.05) is 5.32 Å². The lowest BCUT2D eigenvalue weighted by Gasteiger charge is -2.42. The molecule has 4 heteroatoms. The van der Waals surface area contributed by atoms with E-state index in [0.29, 0.717) is 0 Å². The van der Waals surface area contributed by atoms with Crippen molar-refractivity contribution in [1.29, 1.82) is 0 Å². The van der Waals surface area contributed by atoms with Crippen LogP contribution in [0.4, 0.5) is 11.4 Å². The minimum atomic E-state index is 0.0547. The predicted molar refractivity (Wildman–Crippen MR) is 305 cm³/mol. The number of thiophene rings is 1. The van der Waals surface area contributed by atoms with Crippen molar-refractivity contribution >= 4 is 82.9 Å². The second-order valence-electron chi connectivity index (χ2n) is 23.9. The second-order valence-corrected chi connectivity index (χ2v) is 25.0. The molecule has 1 aliphatic heterocycles. The molecule has 0 unspecified atom stereocenters. The van der Waals surface area contributed by atoms with Gasteiger partial charge in [-0.1, -0.05) is 151 Å². The molecule has 0 fully saturated rings. The molecule has 0 atom stereocenters. The molecule has 345 valence electrons. The summed E-state index contributed by atoms with van der Waals surface area (Å²) < 4.78 is 5.34. The molecule has 10 aromatic rings. The van der Waals surface area contributed by atoms with Crippen LogP contribution in [0.5, 0.6) is 0 Å². The van der Waals surface area contributed by atoms with E-state index in [1.54, 1.807) is 0 Å². The molecule has 0 spiro atoms. The summed E-state index contributed by atoms with van der Waals surface area (Å²) >= 11 is 1.95. The van der Waals surface area contributed by atoms with Crippen LogP contribution in [0.25, 0.3) is 81.0 Å². The third-order valence-corrected chi connectivity index (χ3v) is 18.4. The Bertz CT molecular complexity index is 3840. The second kappa shape index (κ2) is 15.1. The van der Waals surface area contributed by atoms with Crippen LogP contribution in [0.2, 0.25) is 0 Å². The van der Waals surface area contributed by atoms with Crippen molar-refractivity contribution in [3.8, 4) is 39.1 Å². The number of hydrogen-bond donors (Lipinski definition) is 1. The fraction of sp³-hybridized carbons (Fsp3) is 0.273. The van der Waals surface area contributed by atoms with Crippen LogP contribution >= 0.6 is 11.3 Å². The fourth-order valence-corrected chi connectivity index (χ4v) is 14.0. The van der Waals surface area contributed by atoms with Gasteiger partial charge in [0.25, 0.3) is 0 Å². The smallest absolute Gasteiger partial charge is 0.197 e. The van der Waals surface area contributed by atoms with Gasteiger partial charge in [0.15, 0.2) is 7.28 Å². The lowest BCUT2D eigenvalue weighted by molar-refractivity contribution is 0.332. The number of nitrogens with one attached hydrogen (secondary N) is 1. The van der Waals surface area contributed by atoms with E-state index in [2.05, 4.69) is 226 Å². The van der Waals surface area contributed by atoms with E-state index in [1.807, 2.05) is 11.3 Å². The molecular weight excluding hydrogens is 864 g/mol. The van der Waals surface area contributed by atoms with Crippen LogP contribution < -0.4 is 16.2 Å². The van der Waals surface area contributed by atoms with E-state index in [1.165, 1.54) is 151 Å². The molecule has 2 nitrogen and oxygen atoms in total. The fourth-order valence-electron chi connectivity index (χ4n) is 12.9. The van der Waals surface area contributed by atoms with Gasteiger partial charge in [0.1, 0.15) is 0 Å². The SMILES string of the molecule is Cc1ccc(Nc2cc3sc4cc5c(cc4c3cc2-c2cc(-c3ccccc3-c3ccccc3)c3c4cc6c(cc4n4c3c2[B]c2cc(C)ccc2-4)C(C)(C)CCC6(C)C)C(C)(C)CCC5(C)C)cc1. The van der Waals surface area contributed by atoms with E-state index in [9.17, 15) is 0 Å². The highest BCUT2D eigenvalue weighted by atomic mass is 32.1. The maximum Gasteiger partial charge on any atom is 0.197 e. The van der Waals surface area contributed by atoms with Crippen molar-refractivity contribution in [2.45, 2.75) is 117 Å². The van der Waals surface area contributed by atoms with Crippen LogP contribution in [0.3, 0.4) is 0 Å². The van der Waals surface area contributed by atoms with Gasteiger partial charge < -0.3 is 9.88 Å². The summed E-state index contributed by atoms with van der Waals surface area (Å²) in [7, 11) is 2.52. The number of nitrogens with zero attached hydrogens (tertiary/aromatic N) is 1. The van der Waals surface area contributed by atoms with Crippen molar-refractivity contribution in [2.24, 2.45) is 0 Å². The molecule has 13 rings (SSSR count). The lowest BCUT2D eigenvalue weighted by atomic mass is 9.58. The molecule has 0 bridgehead atoms.